The van der Waals surface area contributed by atoms with Crippen LogP contribution in [0.1, 0.15) is 49.7 Å². The van der Waals surface area contributed by atoms with Crippen LogP contribution in [0.25, 0.3) is 0 Å². The van der Waals surface area contributed by atoms with Crippen molar-refractivity contribution in [1.29, 1.82) is 0 Å². The fourth-order valence-corrected chi connectivity index (χ4v) is 2.65. The number of likely N-dealkylation sites (N-methyl/N-ethyl adjacent to an activating group) is 1. The second-order valence-corrected chi connectivity index (χ2v) is 5.90. The van der Waals surface area contributed by atoms with Crippen LogP contribution < -0.4 is 5.32 Å². The van der Waals surface area contributed by atoms with Crippen LogP contribution in [0.15, 0.2) is 0 Å². The summed E-state index contributed by atoms with van der Waals surface area (Å²) < 4.78 is 0. The van der Waals surface area contributed by atoms with E-state index in [0.29, 0.717) is 18.3 Å². The molecule has 1 aliphatic heterocycles. The molecule has 7 heteroatoms. The highest BCUT2D eigenvalue weighted by molar-refractivity contribution is 5.88. The van der Waals surface area contributed by atoms with E-state index in [1.54, 1.807) is 11.9 Å². The van der Waals surface area contributed by atoms with Crippen molar-refractivity contribution in [3.8, 4) is 0 Å². The molecule has 1 unspecified atom stereocenters. The Labute approximate surface area is 123 Å². The van der Waals surface area contributed by atoms with E-state index in [4.69, 9.17) is 0 Å². The predicted octanol–water partition coefficient (Wildman–Crippen LogP) is 0.352. The number of aromatic nitrogens is 3. The topological polar surface area (TPSA) is 91.0 Å². The molecule has 1 saturated heterocycles. The van der Waals surface area contributed by atoms with Gasteiger partial charge in [-0.2, -0.15) is 5.10 Å². The van der Waals surface area contributed by atoms with E-state index in [9.17, 15) is 9.59 Å². The van der Waals surface area contributed by atoms with Gasteiger partial charge in [0.15, 0.2) is 5.82 Å². The maximum Gasteiger partial charge on any atom is 0.242 e. The molecule has 1 aliphatic carbocycles. The summed E-state index contributed by atoms with van der Waals surface area (Å²) >= 11 is 0. The van der Waals surface area contributed by atoms with Gasteiger partial charge in [-0.1, -0.05) is 0 Å². The molecule has 1 aromatic heterocycles. The zero-order valence-electron chi connectivity index (χ0n) is 12.3. The molecule has 1 atom stereocenters. The van der Waals surface area contributed by atoms with Crippen LogP contribution in [0.2, 0.25) is 0 Å². The van der Waals surface area contributed by atoms with E-state index in [-0.39, 0.29) is 24.3 Å². The highest BCUT2D eigenvalue weighted by atomic mass is 16.2. The van der Waals surface area contributed by atoms with E-state index < -0.39 is 0 Å². The van der Waals surface area contributed by atoms with Crippen molar-refractivity contribution < 1.29 is 9.59 Å². The number of rotatable bonds is 4. The van der Waals surface area contributed by atoms with Crippen molar-refractivity contribution in [1.82, 2.24) is 25.4 Å². The fourth-order valence-electron chi connectivity index (χ4n) is 2.65. The first-order valence-corrected chi connectivity index (χ1v) is 7.59. The lowest BCUT2D eigenvalue weighted by molar-refractivity contribution is -0.138. The molecular weight excluding hydrogens is 270 g/mol. The van der Waals surface area contributed by atoms with Gasteiger partial charge in [0.1, 0.15) is 11.9 Å². The van der Waals surface area contributed by atoms with E-state index in [1.807, 2.05) is 0 Å². The third kappa shape index (κ3) is 3.22. The van der Waals surface area contributed by atoms with E-state index in [2.05, 4.69) is 20.5 Å². The van der Waals surface area contributed by atoms with Crippen molar-refractivity contribution in [2.75, 3.05) is 13.6 Å². The van der Waals surface area contributed by atoms with Gasteiger partial charge < -0.3 is 10.2 Å². The first-order valence-electron chi connectivity index (χ1n) is 7.59. The molecule has 2 amide bonds. The second kappa shape index (κ2) is 5.83. The Hall–Kier alpha value is -1.92. The predicted molar refractivity (Wildman–Crippen MR) is 75.5 cm³/mol. The smallest absolute Gasteiger partial charge is 0.242 e. The summed E-state index contributed by atoms with van der Waals surface area (Å²) in [5, 5.41) is 9.83. The van der Waals surface area contributed by atoms with Crippen LogP contribution in [0.4, 0.5) is 0 Å². The van der Waals surface area contributed by atoms with Crippen LogP contribution in [-0.4, -0.2) is 51.5 Å². The Morgan fingerprint density at radius 3 is 2.90 bits per heavy atom. The molecule has 7 nitrogen and oxygen atoms in total. The van der Waals surface area contributed by atoms with Gasteiger partial charge in [-0.05, 0) is 32.1 Å². The van der Waals surface area contributed by atoms with E-state index >= 15 is 0 Å². The summed E-state index contributed by atoms with van der Waals surface area (Å²) in [4.78, 5) is 30.2. The van der Waals surface area contributed by atoms with Crippen LogP contribution in [0, 0.1) is 0 Å². The number of H-pyrrole nitrogens is 1. The first-order chi connectivity index (χ1) is 10.1. The zero-order valence-corrected chi connectivity index (χ0v) is 12.3. The molecule has 0 spiro atoms. The van der Waals surface area contributed by atoms with Crippen LogP contribution in [-0.2, 0) is 16.0 Å². The van der Waals surface area contributed by atoms with Gasteiger partial charge in [-0.15, -0.1) is 0 Å². The molecule has 2 heterocycles. The molecule has 1 aromatic rings. The number of carbonyl (C=O) groups is 2. The SMILES string of the molecule is CN(C(=O)Cc1nc(C2CC2)n[nH]1)C1CCCCNC1=O. The molecule has 3 rings (SSSR count). The van der Waals surface area contributed by atoms with Gasteiger partial charge in [-0.3, -0.25) is 14.7 Å². The maximum absolute atomic E-state index is 12.3. The summed E-state index contributed by atoms with van der Waals surface area (Å²) in [6, 6.07) is -0.370. The Morgan fingerprint density at radius 2 is 2.14 bits per heavy atom. The van der Waals surface area contributed by atoms with Gasteiger partial charge in [0.2, 0.25) is 11.8 Å². The van der Waals surface area contributed by atoms with E-state index in [1.165, 1.54) is 0 Å². The Bertz CT molecular complexity index is 537. The zero-order chi connectivity index (χ0) is 14.8. The quantitative estimate of drug-likeness (QED) is 0.837. The average Bonchev–Trinajstić information content (AvgIpc) is 3.25. The maximum atomic E-state index is 12.3. The Kier molecular flexibility index (Phi) is 3.90. The van der Waals surface area contributed by atoms with Crippen molar-refractivity contribution in [3.63, 3.8) is 0 Å². The minimum atomic E-state index is -0.370. The van der Waals surface area contributed by atoms with Crippen molar-refractivity contribution in [3.05, 3.63) is 11.6 Å². The van der Waals surface area contributed by atoms with Crippen LogP contribution >= 0.6 is 0 Å². The molecule has 2 N–H and O–H groups in total. The molecule has 2 fully saturated rings. The summed E-state index contributed by atoms with van der Waals surface area (Å²) in [5.41, 5.74) is 0. The minimum Gasteiger partial charge on any atom is -0.354 e. The molecule has 21 heavy (non-hydrogen) atoms. The van der Waals surface area contributed by atoms with Crippen molar-refractivity contribution >= 4 is 11.8 Å². The normalized spacial score (nSPS) is 22.5. The molecule has 114 valence electrons. The fraction of sp³-hybridized carbons (Fsp3) is 0.714. The summed E-state index contributed by atoms with van der Waals surface area (Å²) in [6.45, 7) is 0.699. The summed E-state index contributed by atoms with van der Waals surface area (Å²) in [7, 11) is 1.69. The number of carbonyl (C=O) groups excluding carboxylic acids is 2. The number of nitrogens with one attached hydrogen (secondary N) is 2. The second-order valence-electron chi connectivity index (χ2n) is 5.90. The monoisotopic (exact) mass is 291 g/mol. The van der Waals surface area contributed by atoms with E-state index in [0.717, 1.165) is 37.9 Å². The highest BCUT2D eigenvalue weighted by Gasteiger charge is 2.30. The minimum absolute atomic E-state index is 0.0559. The van der Waals surface area contributed by atoms with Gasteiger partial charge >= 0.3 is 0 Å². The summed E-state index contributed by atoms with van der Waals surface area (Å²) in [6.07, 6.45) is 5.07. The van der Waals surface area contributed by atoms with Gasteiger partial charge in [-0.25, -0.2) is 4.98 Å². The largest absolute Gasteiger partial charge is 0.354 e. The first kappa shape index (κ1) is 14.0. The molecular formula is C14H21N5O2. The Morgan fingerprint density at radius 1 is 1.33 bits per heavy atom. The van der Waals surface area contributed by atoms with Gasteiger partial charge in [0, 0.05) is 19.5 Å². The number of aromatic amines is 1. The van der Waals surface area contributed by atoms with Crippen molar-refractivity contribution in [2.24, 2.45) is 0 Å². The average molecular weight is 291 g/mol. The third-order valence-corrected chi connectivity index (χ3v) is 4.18. The third-order valence-electron chi connectivity index (χ3n) is 4.18. The lowest BCUT2D eigenvalue weighted by Gasteiger charge is -2.25. The molecule has 0 bridgehead atoms. The van der Waals surface area contributed by atoms with Gasteiger partial charge in [0.05, 0.1) is 6.42 Å². The van der Waals surface area contributed by atoms with Crippen LogP contribution in [0.3, 0.4) is 0 Å². The summed E-state index contributed by atoms with van der Waals surface area (Å²) in [5.74, 6) is 1.71. The molecule has 0 aromatic carbocycles. The number of hydrogen-bond donors (Lipinski definition) is 2. The number of hydrogen-bond acceptors (Lipinski definition) is 4. The molecule has 1 saturated carbocycles. The lowest BCUT2D eigenvalue weighted by Crippen LogP contribution is -2.47. The number of nitrogens with zero attached hydrogens (tertiary/aromatic N) is 3. The highest BCUT2D eigenvalue weighted by Crippen LogP contribution is 2.37. The van der Waals surface area contributed by atoms with Crippen molar-refractivity contribution in [2.45, 2.75) is 50.5 Å². The Balaban J connectivity index is 1.61. The number of amides is 2. The standard InChI is InChI=1S/C14H21N5O2/c1-19(10-4-2-3-7-15-14(10)21)12(20)8-11-16-13(18-17-11)9-5-6-9/h9-10H,2-8H2,1H3,(H,15,21)(H,16,17,18). The molecule has 2 aliphatic rings. The lowest BCUT2D eigenvalue weighted by atomic mass is 10.1. The molecule has 0 radical (unpaired) electrons. The van der Waals surface area contributed by atoms with Gasteiger partial charge in [0.25, 0.3) is 0 Å². The van der Waals surface area contributed by atoms with Crippen LogP contribution in [0.5, 0.6) is 0 Å².